The highest BCUT2D eigenvalue weighted by atomic mass is 16.2. The van der Waals surface area contributed by atoms with Crippen LogP contribution in [0.5, 0.6) is 0 Å². The first kappa shape index (κ1) is 21.5. The molecular weight excluding hydrogens is 436 g/mol. The Hall–Kier alpha value is -4.34. The Bertz CT molecular complexity index is 1350. The van der Waals surface area contributed by atoms with Gasteiger partial charge in [0, 0.05) is 12.1 Å². The number of nitrogens with one attached hydrogen (secondary N) is 2. The number of benzene rings is 2. The van der Waals surface area contributed by atoms with E-state index in [1.807, 2.05) is 31.2 Å². The van der Waals surface area contributed by atoms with E-state index in [0.29, 0.717) is 11.4 Å². The maximum Gasteiger partial charge on any atom is 0.264 e. The summed E-state index contributed by atoms with van der Waals surface area (Å²) in [5.41, 5.74) is 2.09. The molecule has 0 saturated carbocycles. The summed E-state index contributed by atoms with van der Waals surface area (Å²) in [6.07, 6.45) is 1.91. The molecule has 2 aliphatic heterocycles. The van der Waals surface area contributed by atoms with Crippen LogP contribution >= 0.6 is 0 Å². The highest BCUT2D eigenvalue weighted by Gasteiger charge is 2.53. The fourth-order valence-corrected chi connectivity index (χ4v) is 4.28. The molecule has 2 aromatic carbocycles. The normalized spacial score (nSPS) is 19.9. The monoisotopic (exact) mass is 458 g/mol. The predicted molar refractivity (Wildman–Crippen MR) is 121 cm³/mol. The van der Waals surface area contributed by atoms with Crippen molar-refractivity contribution in [1.82, 2.24) is 25.2 Å². The smallest absolute Gasteiger partial charge is 0.264 e. The van der Waals surface area contributed by atoms with Crippen molar-refractivity contribution in [2.24, 2.45) is 0 Å². The van der Waals surface area contributed by atoms with E-state index in [9.17, 15) is 19.2 Å². The predicted octanol–water partition coefficient (Wildman–Crippen LogP) is 1.98. The third kappa shape index (κ3) is 3.43. The number of fused-ring (bicyclic) bond motifs is 1. The standard InChI is InChI=1S/C24H22N6O4/c1-14-6-8-16(9-7-14)29-13-15(27-28-29)12-25-18-5-3-4-17-20(18)22(33)30(21(17)32)24(2)11-10-19(31)26-23(24)34/h3-9,13,25H,10-12H2,1-2H3,(H,26,31,34)/t24-/m0/s1. The van der Waals surface area contributed by atoms with E-state index in [-0.39, 0.29) is 30.5 Å². The lowest BCUT2D eigenvalue weighted by atomic mass is 9.89. The number of imide groups is 2. The number of rotatable bonds is 5. The van der Waals surface area contributed by atoms with Crippen molar-refractivity contribution in [2.75, 3.05) is 5.32 Å². The summed E-state index contributed by atoms with van der Waals surface area (Å²) in [4.78, 5) is 51.6. The van der Waals surface area contributed by atoms with Crippen LogP contribution in [0.15, 0.2) is 48.7 Å². The molecule has 1 aromatic heterocycles. The van der Waals surface area contributed by atoms with Crippen molar-refractivity contribution < 1.29 is 19.2 Å². The first-order valence-electron chi connectivity index (χ1n) is 10.9. The van der Waals surface area contributed by atoms with E-state index in [1.54, 1.807) is 29.1 Å². The van der Waals surface area contributed by atoms with Gasteiger partial charge in [-0.2, -0.15) is 0 Å². The summed E-state index contributed by atoms with van der Waals surface area (Å²) in [7, 11) is 0. The number of piperidine rings is 1. The van der Waals surface area contributed by atoms with Crippen molar-refractivity contribution in [3.8, 4) is 5.69 Å². The summed E-state index contributed by atoms with van der Waals surface area (Å²) in [6, 6.07) is 12.8. The molecule has 2 aliphatic rings. The van der Waals surface area contributed by atoms with Crippen LogP contribution in [0.25, 0.3) is 5.69 Å². The average Bonchev–Trinajstić information content (AvgIpc) is 3.39. The second-order valence-electron chi connectivity index (χ2n) is 8.67. The molecule has 5 rings (SSSR count). The lowest BCUT2D eigenvalue weighted by Crippen LogP contribution is -2.62. The summed E-state index contributed by atoms with van der Waals surface area (Å²) in [5, 5.41) is 13.7. The van der Waals surface area contributed by atoms with Crippen molar-refractivity contribution in [3.63, 3.8) is 0 Å². The summed E-state index contributed by atoms with van der Waals surface area (Å²) >= 11 is 0. The minimum absolute atomic E-state index is 0.0530. The number of amides is 4. The van der Waals surface area contributed by atoms with Gasteiger partial charge in [0.05, 0.1) is 29.6 Å². The quantitative estimate of drug-likeness (QED) is 0.560. The van der Waals surface area contributed by atoms with Gasteiger partial charge in [0.15, 0.2) is 0 Å². The van der Waals surface area contributed by atoms with Crippen molar-refractivity contribution in [2.45, 2.75) is 38.8 Å². The topological polar surface area (TPSA) is 126 Å². The van der Waals surface area contributed by atoms with Gasteiger partial charge in [0.2, 0.25) is 5.91 Å². The van der Waals surface area contributed by atoms with Crippen LogP contribution in [-0.2, 0) is 16.1 Å². The molecule has 0 unspecified atom stereocenters. The van der Waals surface area contributed by atoms with Gasteiger partial charge >= 0.3 is 0 Å². The fraction of sp³-hybridized carbons (Fsp3) is 0.250. The number of nitrogens with zero attached hydrogens (tertiary/aromatic N) is 4. The first-order valence-corrected chi connectivity index (χ1v) is 10.9. The average molecular weight is 458 g/mol. The molecule has 10 heteroatoms. The van der Waals surface area contributed by atoms with Gasteiger partial charge in [-0.25, -0.2) is 4.68 Å². The molecule has 4 amide bonds. The molecule has 2 N–H and O–H groups in total. The molecule has 1 saturated heterocycles. The van der Waals surface area contributed by atoms with Crippen LogP contribution in [0.4, 0.5) is 5.69 Å². The van der Waals surface area contributed by atoms with Gasteiger partial charge in [-0.1, -0.05) is 29.0 Å². The number of aromatic nitrogens is 3. The highest BCUT2D eigenvalue weighted by molar-refractivity contribution is 6.26. The maximum absolute atomic E-state index is 13.4. The van der Waals surface area contributed by atoms with Crippen LogP contribution in [0.2, 0.25) is 0 Å². The van der Waals surface area contributed by atoms with Crippen molar-refractivity contribution in [1.29, 1.82) is 0 Å². The third-order valence-corrected chi connectivity index (χ3v) is 6.29. The number of hydrogen-bond donors (Lipinski definition) is 2. The highest BCUT2D eigenvalue weighted by Crippen LogP contribution is 2.37. The van der Waals surface area contributed by atoms with E-state index >= 15 is 0 Å². The molecule has 1 atom stereocenters. The molecule has 3 heterocycles. The molecule has 3 aromatic rings. The number of carbonyl (C=O) groups excluding carboxylic acids is 4. The Labute approximate surface area is 194 Å². The van der Waals surface area contributed by atoms with Crippen LogP contribution in [0.3, 0.4) is 0 Å². The van der Waals surface area contributed by atoms with E-state index in [4.69, 9.17) is 0 Å². The van der Waals surface area contributed by atoms with Crippen LogP contribution in [0, 0.1) is 6.92 Å². The molecule has 10 nitrogen and oxygen atoms in total. The maximum atomic E-state index is 13.4. The van der Waals surface area contributed by atoms with Gasteiger partial charge in [0.1, 0.15) is 11.2 Å². The summed E-state index contributed by atoms with van der Waals surface area (Å²) in [6.45, 7) is 3.79. The van der Waals surface area contributed by atoms with E-state index < -0.39 is 29.2 Å². The van der Waals surface area contributed by atoms with Crippen LogP contribution in [-0.4, -0.2) is 49.1 Å². The van der Waals surface area contributed by atoms with E-state index in [0.717, 1.165) is 16.2 Å². The van der Waals surface area contributed by atoms with E-state index in [1.165, 1.54) is 6.92 Å². The number of hydrogen-bond acceptors (Lipinski definition) is 7. The molecule has 0 radical (unpaired) electrons. The number of carbonyl (C=O) groups is 4. The van der Waals surface area contributed by atoms with Gasteiger partial charge in [-0.3, -0.25) is 29.4 Å². The molecule has 172 valence electrons. The minimum atomic E-state index is -1.44. The first-order chi connectivity index (χ1) is 16.3. The zero-order valence-corrected chi connectivity index (χ0v) is 18.7. The molecule has 0 spiro atoms. The van der Waals surface area contributed by atoms with E-state index in [2.05, 4.69) is 20.9 Å². The van der Waals surface area contributed by atoms with Gasteiger partial charge < -0.3 is 5.32 Å². The second kappa shape index (κ2) is 7.91. The van der Waals surface area contributed by atoms with Gasteiger partial charge in [-0.15, -0.1) is 5.10 Å². The SMILES string of the molecule is Cc1ccc(-n2cc(CNc3cccc4c3C(=O)N([C@@]3(C)CCC(=O)NC3=O)C4=O)nn2)cc1. The molecule has 1 fully saturated rings. The van der Waals surface area contributed by atoms with Crippen molar-refractivity contribution in [3.05, 3.63) is 71.0 Å². The Morgan fingerprint density at radius 2 is 1.82 bits per heavy atom. The molecule has 0 aliphatic carbocycles. The van der Waals surface area contributed by atoms with Crippen LogP contribution < -0.4 is 10.6 Å². The fourth-order valence-electron chi connectivity index (χ4n) is 4.28. The van der Waals surface area contributed by atoms with Gasteiger partial charge in [-0.05, 0) is 44.5 Å². The third-order valence-electron chi connectivity index (χ3n) is 6.29. The molecule has 0 bridgehead atoms. The lowest BCUT2D eigenvalue weighted by molar-refractivity contribution is -0.140. The van der Waals surface area contributed by atoms with Crippen LogP contribution in [0.1, 0.15) is 51.7 Å². The number of aryl methyl sites for hydroxylation is 1. The Morgan fingerprint density at radius 3 is 2.56 bits per heavy atom. The van der Waals surface area contributed by atoms with Crippen molar-refractivity contribution >= 4 is 29.3 Å². The lowest BCUT2D eigenvalue weighted by Gasteiger charge is -2.38. The Kier molecular flexibility index (Phi) is 5.00. The molecule has 34 heavy (non-hydrogen) atoms. The zero-order valence-electron chi connectivity index (χ0n) is 18.7. The second-order valence-corrected chi connectivity index (χ2v) is 8.67. The Balaban J connectivity index is 1.38. The molecular formula is C24H22N6O4. The summed E-state index contributed by atoms with van der Waals surface area (Å²) in [5.74, 6) is -2.19. The zero-order chi connectivity index (χ0) is 24.0. The summed E-state index contributed by atoms with van der Waals surface area (Å²) < 4.78 is 1.66. The van der Waals surface area contributed by atoms with Gasteiger partial charge in [0.25, 0.3) is 17.7 Å². The number of anilines is 1. The Morgan fingerprint density at radius 1 is 1.06 bits per heavy atom. The largest absolute Gasteiger partial charge is 0.379 e. The minimum Gasteiger partial charge on any atom is -0.379 e.